The minimum Gasteiger partial charge on any atom is -0.343 e. The highest BCUT2D eigenvalue weighted by Gasteiger charge is 2.11. The van der Waals surface area contributed by atoms with Crippen LogP contribution in [-0.2, 0) is 0 Å². The molecule has 0 bridgehead atoms. The van der Waals surface area contributed by atoms with Crippen LogP contribution in [0.25, 0.3) is 5.82 Å². The number of nitrogens with zero attached hydrogens (tertiary/aromatic N) is 5. The van der Waals surface area contributed by atoms with E-state index < -0.39 is 0 Å². The van der Waals surface area contributed by atoms with Crippen molar-refractivity contribution in [1.29, 1.82) is 0 Å². The van der Waals surface area contributed by atoms with Gasteiger partial charge in [-0.2, -0.15) is 5.10 Å². The monoisotopic (exact) mass is 245 g/mol. The zero-order chi connectivity index (χ0) is 13.3. The molecule has 1 amide bonds. The first-order valence-electron chi connectivity index (χ1n) is 5.58. The molecule has 2 aromatic heterocycles. The summed E-state index contributed by atoms with van der Waals surface area (Å²) in [5, 5.41) is 12.3. The summed E-state index contributed by atoms with van der Waals surface area (Å²) in [6.07, 6.45) is 0. The molecule has 6 nitrogen and oxygen atoms in total. The van der Waals surface area contributed by atoms with Crippen LogP contribution < -0.4 is 0 Å². The van der Waals surface area contributed by atoms with Crippen molar-refractivity contribution in [3.8, 4) is 5.82 Å². The molecule has 18 heavy (non-hydrogen) atoms. The van der Waals surface area contributed by atoms with Gasteiger partial charge in [-0.05, 0) is 32.0 Å². The lowest BCUT2D eigenvalue weighted by Crippen LogP contribution is -2.23. The van der Waals surface area contributed by atoms with Crippen LogP contribution in [0.3, 0.4) is 0 Å². The second kappa shape index (κ2) is 4.56. The fourth-order valence-corrected chi connectivity index (χ4v) is 1.64. The topological polar surface area (TPSA) is 63.9 Å². The lowest BCUT2D eigenvalue weighted by molar-refractivity contribution is 0.0821. The minimum absolute atomic E-state index is 0.164. The molecule has 0 saturated heterocycles. The van der Waals surface area contributed by atoms with Gasteiger partial charge in [-0.3, -0.25) is 4.79 Å². The van der Waals surface area contributed by atoms with Crippen molar-refractivity contribution in [3.05, 3.63) is 35.3 Å². The molecule has 0 radical (unpaired) electrons. The maximum atomic E-state index is 11.7. The van der Waals surface area contributed by atoms with Gasteiger partial charge in [0.15, 0.2) is 11.5 Å². The fourth-order valence-electron chi connectivity index (χ4n) is 1.64. The number of aromatic nitrogens is 4. The zero-order valence-corrected chi connectivity index (χ0v) is 10.9. The maximum Gasteiger partial charge on any atom is 0.273 e. The standard InChI is InChI=1S/C12H15N5O/c1-8-7-9(2)17(15-8)11-6-5-10(13-14-11)12(18)16(3)4/h5-7H,1-4H3. The molecule has 0 aliphatic rings. The van der Waals surface area contributed by atoms with E-state index in [0.29, 0.717) is 11.5 Å². The molecule has 2 rings (SSSR count). The van der Waals surface area contributed by atoms with Crippen LogP contribution >= 0.6 is 0 Å². The first kappa shape index (κ1) is 12.2. The predicted molar refractivity (Wildman–Crippen MR) is 66.6 cm³/mol. The highest BCUT2D eigenvalue weighted by atomic mass is 16.2. The Balaban J connectivity index is 2.33. The number of carbonyl (C=O) groups excluding carboxylic acids is 1. The Labute approximate surface area is 105 Å². The van der Waals surface area contributed by atoms with E-state index in [-0.39, 0.29) is 5.91 Å². The molecule has 0 fully saturated rings. The normalized spacial score (nSPS) is 10.4. The van der Waals surface area contributed by atoms with Gasteiger partial charge in [0.1, 0.15) is 0 Å². The third-order valence-corrected chi connectivity index (χ3v) is 2.50. The van der Waals surface area contributed by atoms with Gasteiger partial charge in [-0.15, -0.1) is 10.2 Å². The number of hydrogen-bond donors (Lipinski definition) is 0. The smallest absolute Gasteiger partial charge is 0.273 e. The minimum atomic E-state index is -0.164. The molecule has 0 aliphatic carbocycles. The van der Waals surface area contributed by atoms with Gasteiger partial charge in [0.05, 0.1) is 5.69 Å². The summed E-state index contributed by atoms with van der Waals surface area (Å²) in [4.78, 5) is 13.1. The highest BCUT2D eigenvalue weighted by molar-refractivity contribution is 5.91. The molecule has 94 valence electrons. The third-order valence-electron chi connectivity index (χ3n) is 2.50. The lowest BCUT2D eigenvalue weighted by Gasteiger charge is -2.09. The Hall–Kier alpha value is -2.24. The maximum absolute atomic E-state index is 11.7. The van der Waals surface area contributed by atoms with E-state index in [1.54, 1.807) is 30.9 Å². The van der Waals surface area contributed by atoms with Crippen LogP contribution in [0.2, 0.25) is 0 Å². The van der Waals surface area contributed by atoms with Gasteiger partial charge < -0.3 is 4.90 Å². The fraction of sp³-hybridized carbons (Fsp3) is 0.333. The first-order valence-corrected chi connectivity index (χ1v) is 5.58. The van der Waals surface area contributed by atoms with Crippen molar-refractivity contribution in [3.63, 3.8) is 0 Å². The molecule has 0 N–H and O–H groups in total. The second-order valence-corrected chi connectivity index (χ2v) is 4.32. The average molecular weight is 245 g/mol. The molecule has 2 heterocycles. The lowest BCUT2D eigenvalue weighted by atomic mass is 10.3. The number of carbonyl (C=O) groups is 1. The van der Waals surface area contributed by atoms with Crippen molar-refractivity contribution in [2.24, 2.45) is 0 Å². The Morgan fingerprint density at radius 3 is 2.39 bits per heavy atom. The summed E-state index contributed by atoms with van der Waals surface area (Å²) < 4.78 is 1.70. The SMILES string of the molecule is Cc1cc(C)n(-c2ccc(C(=O)N(C)C)nn2)n1. The number of hydrogen-bond acceptors (Lipinski definition) is 4. The van der Waals surface area contributed by atoms with Gasteiger partial charge in [0.25, 0.3) is 5.91 Å². The Morgan fingerprint density at radius 1 is 1.22 bits per heavy atom. The van der Waals surface area contributed by atoms with Crippen LogP contribution in [0.5, 0.6) is 0 Å². The quantitative estimate of drug-likeness (QED) is 0.791. The second-order valence-electron chi connectivity index (χ2n) is 4.32. The number of rotatable bonds is 2. The van der Waals surface area contributed by atoms with Gasteiger partial charge in [0.2, 0.25) is 0 Å². The molecule has 0 spiro atoms. The third kappa shape index (κ3) is 2.22. The van der Waals surface area contributed by atoms with Crippen LogP contribution in [0.15, 0.2) is 18.2 Å². The van der Waals surface area contributed by atoms with Crippen LogP contribution in [-0.4, -0.2) is 44.9 Å². The summed E-state index contributed by atoms with van der Waals surface area (Å²) in [5.74, 6) is 0.443. The molecule has 0 unspecified atom stereocenters. The average Bonchev–Trinajstić information content (AvgIpc) is 2.67. The number of aryl methyl sites for hydroxylation is 2. The Kier molecular flexibility index (Phi) is 3.10. The molecule has 0 aliphatic heterocycles. The summed E-state index contributed by atoms with van der Waals surface area (Å²) in [5.41, 5.74) is 2.22. The van der Waals surface area contributed by atoms with Crippen molar-refractivity contribution in [2.75, 3.05) is 14.1 Å². The van der Waals surface area contributed by atoms with Gasteiger partial charge in [-0.25, -0.2) is 4.68 Å². The van der Waals surface area contributed by atoms with E-state index in [2.05, 4.69) is 15.3 Å². The van der Waals surface area contributed by atoms with E-state index in [4.69, 9.17) is 0 Å². The molecule has 0 saturated carbocycles. The summed E-state index contributed by atoms with van der Waals surface area (Å²) in [6.45, 7) is 3.86. The largest absolute Gasteiger partial charge is 0.343 e. The van der Waals surface area contributed by atoms with Crippen LogP contribution in [0.4, 0.5) is 0 Å². The van der Waals surface area contributed by atoms with Crippen molar-refractivity contribution in [2.45, 2.75) is 13.8 Å². The molecule has 6 heteroatoms. The van der Waals surface area contributed by atoms with Crippen molar-refractivity contribution >= 4 is 5.91 Å². The van der Waals surface area contributed by atoms with Gasteiger partial charge in [0, 0.05) is 19.8 Å². The van der Waals surface area contributed by atoms with E-state index in [9.17, 15) is 4.79 Å². The Bertz CT molecular complexity index is 571. The Morgan fingerprint density at radius 2 is 1.94 bits per heavy atom. The van der Waals surface area contributed by atoms with E-state index in [0.717, 1.165) is 11.4 Å². The van der Waals surface area contributed by atoms with Crippen LogP contribution in [0, 0.1) is 13.8 Å². The van der Waals surface area contributed by atoms with Crippen molar-refractivity contribution < 1.29 is 4.79 Å². The molecule has 0 atom stereocenters. The highest BCUT2D eigenvalue weighted by Crippen LogP contribution is 2.09. The first-order chi connectivity index (χ1) is 8.49. The van der Waals surface area contributed by atoms with E-state index in [1.807, 2.05) is 19.9 Å². The van der Waals surface area contributed by atoms with Gasteiger partial charge >= 0.3 is 0 Å². The molecular formula is C12H15N5O. The summed E-state index contributed by atoms with van der Waals surface area (Å²) in [6, 6.07) is 5.35. The van der Waals surface area contributed by atoms with Crippen molar-refractivity contribution in [1.82, 2.24) is 24.9 Å². The number of amides is 1. The van der Waals surface area contributed by atoms with E-state index >= 15 is 0 Å². The molecule has 2 aromatic rings. The van der Waals surface area contributed by atoms with E-state index in [1.165, 1.54) is 4.90 Å². The summed E-state index contributed by atoms with van der Waals surface area (Å²) in [7, 11) is 3.36. The molecule has 0 aromatic carbocycles. The summed E-state index contributed by atoms with van der Waals surface area (Å²) >= 11 is 0. The predicted octanol–water partition coefficient (Wildman–Crippen LogP) is 0.981. The van der Waals surface area contributed by atoms with Gasteiger partial charge in [-0.1, -0.05) is 0 Å². The zero-order valence-electron chi connectivity index (χ0n) is 10.9. The van der Waals surface area contributed by atoms with Crippen LogP contribution in [0.1, 0.15) is 21.9 Å². The molecular weight excluding hydrogens is 230 g/mol.